The van der Waals surface area contributed by atoms with Crippen molar-refractivity contribution in [2.45, 2.75) is 130 Å². The van der Waals surface area contributed by atoms with E-state index in [1.807, 2.05) is 34.9 Å². The van der Waals surface area contributed by atoms with E-state index < -0.39 is 59.5 Å². The molecule has 0 N–H and O–H groups in total. The first-order chi connectivity index (χ1) is 21.5. The van der Waals surface area contributed by atoms with Gasteiger partial charge in [0.2, 0.25) is 0 Å². The van der Waals surface area contributed by atoms with E-state index in [-0.39, 0.29) is 48.7 Å². The van der Waals surface area contributed by atoms with Gasteiger partial charge < -0.3 is 0 Å². The van der Waals surface area contributed by atoms with Crippen molar-refractivity contribution in [2.75, 3.05) is 27.8 Å². The summed E-state index contributed by atoms with van der Waals surface area (Å²) >= 11 is 0.709. The van der Waals surface area contributed by atoms with Crippen LogP contribution in [0.3, 0.4) is 0 Å². The van der Waals surface area contributed by atoms with Crippen molar-refractivity contribution in [1.82, 2.24) is 9.80 Å². The van der Waals surface area contributed by atoms with Gasteiger partial charge in [0.05, 0.1) is 0 Å². The molecule has 260 valence electrons. The van der Waals surface area contributed by atoms with Crippen LogP contribution < -0.4 is 0 Å². The third-order valence-electron chi connectivity index (χ3n) is 10.7. The van der Waals surface area contributed by atoms with Crippen molar-refractivity contribution in [3.8, 4) is 0 Å². The first kappa shape index (κ1) is 39.2. The number of hydrogen-bond donors (Lipinski definition) is 0. The van der Waals surface area contributed by atoms with E-state index in [2.05, 4.69) is 29.2 Å². The van der Waals surface area contributed by atoms with E-state index in [1.54, 1.807) is 14.0 Å². The monoisotopic (exact) mass is 844 g/mol. The Labute approximate surface area is 290 Å². The van der Waals surface area contributed by atoms with Crippen LogP contribution in [0.15, 0.2) is 0 Å². The second kappa shape index (κ2) is 15.9. The number of carbonyl (C=O) groups is 4. The van der Waals surface area contributed by atoms with E-state index in [0.717, 1.165) is 6.42 Å². The molecule has 0 spiro atoms. The van der Waals surface area contributed by atoms with Crippen LogP contribution in [0.2, 0.25) is 0 Å². The standard InChI is InChI=1S/C31H48N2O9.C3H8.Pb/c1-16-13-31(7,38-10)27(42-24-12-21(32(8)9)11-17(2)40-24)18(3)26(35)19(4)28(36)39-15-22-25-20(5)30(16,6)14-23(34)33(25)29(37)41-22;1-3-2;/h6,16-22,24-25,27H,11-15H2,1-5,7-10H3;3H2,1-2H3;/t16-,17?,18+,19?,20?,21?,22?,24?,25?,27?,30+,31-;;/m1../s1. The summed E-state index contributed by atoms with van der Waals surface area (Å²) < 4.78 is 32.7. The number of ether oxygens (including phenoxy) is 5. The Morgan fingerprint density at radius 3 is 2.26 bits per heavy atom. The fourth-order valence-corrected chi connectivity index (χ4v) is 10.4. The number of cyclic esters (lactones) is 1. The number of piperidine rings is 1. The molecule has 8 unspecified atom stereocenters. The number of rotatable bonds is 5. The third kappa shape index (κ3) is 7.78. The molecule has 4 heterocycles. The van der Waals surface area contributed by atoms with E-state index in [9.17, 15) is 19.2 Å². The summed E-state index contributed by atoms with van der Waals surface area (Å²) in [6.07, 6.45) is 0.453. The van der Waals surface area contributed by atoms with Crippen molar-refractivity contribution in [3.05, 3.63) is 0 Å². The SMILES string of the molecule is CCC.CO[C@]1(C)C[C@@H](C)[C@]2([CH]=[Pb])CC(=O)N3C(=O)OC(COC(=O)C(C)C(=O)[C@H](C)C1OC1CC(N(C)C)CC(C)O1)C3C2C. The minimum atomic E-state index is -1.09. The molecular weight excluding hydrogens is 788 g/mol. The number of imide groups is 1. The molecule has 4 aliphatic rings. The van der Waals surface area contributed by atoms with Gasteiger partial charge in [-0.3, -0.25) is 0 Å². The van der Waals surface area contributed by atoms with E-state index >= 15 is 0 Å². The summed E-state index contributed by atoms with van der Waals surface area (Å²) in [5.74, 6) is -3.42. The number of fused-ring (bicyclic) bond motifs is 1. The van der Waals surface area contributed by atoms with Crippen molar-refractivity contribution >= 4 is 52.6 Å². The summed E-state index contributed by atoms with van der Waals surface area (Å²) in [4.78, 5) is 56.8. The van der Waals surface area contributed by atoms with Crippen molar-refractivity contribution < 1.29 is 42.9 Å². The van der Waals surface area contributed by atoms with Gasteiger partial charge in [-0.15, -0.1) is 0 Å². The molecule has 12 heteroatoms. The van der Waals surface area contributed by atoms with Crippen LogP contribution in [0.5, 0.6) is 0 Å². The molecule has 0 aromatic carbocycles. The second-order valence-corrected chi connectivity index (χ2v) is 15.4. The van der Waals surface area contributed by atoms with Gasteiger partial charge in [-0.1, -0.05) is 20.3 Å². The average molecular weight is 844 g/mol. The Hall–Kier alpha value is -1.29. The zero-order chi connectivity index (χ0) is 34.7. The predicted octanol–water partition coefficient (Wildman–Crippen LogP) is 3.79. The van der Waals surface area contributed by atoms with Gasteiger partial charge in [0.25, 0.3) is 0 Å². The topological polar surface area (TPSA) is 121 Å². The van der Waals surface area contributed by atoms with Crippen LogP contribution >= 0.6 is 0 Å². The van der Waals surface area contributed by atoms with Gasteiger partial charge in [0.15, 0.2) is 0 Å². The summed E-state index contributed by atoms with van der Waals surface area (Å²) in [5.41, 5.74) is -1.56. The number of ketones is 1. The number of esters is 1. The Morgan fingerprint density at radius 1 is 1.07 bits per heavy atom. The van der Waals surface area contributed by atoms with Crippen LogP contribution in [0, 0.1) is 29.1 Å². The molecule has 4 aliphatic heterocycles. The molecule has 46 heavy (non-hydrogen) atoms. The molecule has 2 bridgehead atoms. The van der Waals surface area contributed by atoms with E-state index in [1.165, 1.54) is 18.2 Å². The second-order valence-electron chi connectivity index (χ2n) is 14.3. The first-order valence-corrected chi connectivity index (χ1v) is 19.0. The molecule has 0 aromatic heterocycles. The molecule has 4 rings (SSSR count). The Balaban J connectivity index is 0.00000185. The number of nitrogens with zero attached hydrogens (tertiary/aromatic N) is 2. The van der Waals surface area contributed by atoms with E-state index in [0.29, 0.717) is 38.1 Å². The van der Waals surface area contributed by atoms with Gasteiger partial charge in [-0.25, -0.2) is 0 Å². The molecule has 0 aromatic rings. The zero-order valence-corrected chi connectivity index (χ0v) is 33.5. The van der Waals surface area contributed by atoms with Crippen molar-refractivity contribution in [1.29, 1.82) is 0 Å². The molecule has 4 saturated heterocycles. The number of amides is 2. The predicted molar refractivity (Wildman–Crippen MR) is 174 cm³/mol. The third-order valence-corrected chi connectivity index (χ3v) is 12.8. The number of carbonyl (C=O) groups excluding carboxylic acids is 4. The quantitative estimate of drug-likeness (QED) is 0.230. The van der Waals surface area contributed by atoms with Crippen LogP contribution in [0.25, 0.3) is 0 Å². The molecule has 11 nitrogen and oxygen atoms in total. The van der Waals surface area contributed by atoms with Gasteiger partial charge in [0, 0.05) is 0 Å². The normalized spacial score (nSPS) is 42.0. The van der Waals surface area contributed by atoms with Crippen LogP contribution in [-0.2, 0) is 38.1 Å². The summed E-state index contributed by atoms with van der Waals surface area (Å²) in [6.45, 7) is 15.4. The molecule has 2 radical (unpaired) electrons. The number of methoxy groups -OCH3 is 1. The Kier molecular flexibility index (Phi) is 13.6. The summed E-state index contributed by atoms with van der Waals surface area (Å²) in [6, 6.07) is -0.354. The molecule has 0 saturated carbocycles. The van der Waals surface area contributed by atoms with Crippen molar-refractivity contribution in [3.63, 3.8) is 0 Å². The summed E-state index contributed by atoms with van der Waals surface area (Å²) in [7, 11) is 5.68. The number of hydrogen-bond acceptors (Lipinski definition) is 10. The Morgan fingerprint density at radius 2 is 1.70 bits per heavy atom. The fraction of sp³-hybridized carbons (Fsp3) is 0.853. The van der Waals surface area contributed by atoms with Crippen LogP contribution in [-0.4, -0.2) is 132 Å². The molecular formula is C34H56N2O9Pb. The van der Waals surface area contributed by atoms with Crippen LogP contribution in [0.4, 0.5) is 4.79 Å². The molecule has 0 aliphatic carbocycles. The van der Waals surface area contributed by atoms with Crippen molar-refractivity contribution in [2.24, 2.45) is 29.1 Å². The maximum atomic E-state index is 13.9. The first-order valence-electron chi connectivity index (χ1n) is 16.8. The molecule has 4 fully saturated rings. The van der Waals surface area contributed by atoms with E-state index in [4.69, 9.17) is 23.7 Å². The van der Waals surface area contributed by atoms with Gasteiger partial charge >= 0.3 is 272 Å². The zero-order valence-electron chi connectivity index (χ0n) is 29.7. The molecule has 12 atom stereocenters. The maximum absolute atomic E-state index is 13.9. The average Bonchev–Trinajstić information content (AvgIpc) is 3.35. The van der Waals surface area contributed by atoms with Gasteiger partial charge in [0.1, 0.15) is 0 Å². The Bertz CT molecular complexity index is 1140. The minimum absolute atomic E-state index is 0.0402. The van der Waals surface area contributed by atoms with Gasteiger partial charge in [-0.2, -0.15) is 0 Å². The molecule has 2 amide bonds. The fourth-order valence-electron chi connectivity index (χ4n) is 7.86. The van der Waals surface area contributed by atoms with Gasteiger partial charge in [-0.05, 0) is 0 Å². The number of Topliss-reactive ketones (excluding diaryl/α,β-unsaturated/α-hetero) is 1. The van der Waals surface area contributed by atoms with Crippen LogP contribution in [0.1, 0.15) is 87.5 Å². The summed E-state index contributed by atoms with van der Waals surface area (Å²) in [5, 5.41) is 0.